The van der Waals surface area contributed by atoms with E-state index in [1.54, 1.807) is 0 Å². The van der Waals surface area contributed by atoms with Crippen molar-refractivity contribution in [3.05, 3.63) is 24.0 Å². The summed E-state index contributed by atoms with van der Waals surface area (Å²) in [5.41, 5.74) is 5.20. The number of nitrogens with two attached hydrogens (primary N) is 1. The third kappa shape index (κ3) is 4.91. The molecule has 16 heavy (non-hydrogen) atoms. The Kier molecular flexibility index (Phi) is 5.50. The van der Waals surface area contributed by atoms with Gasteiger partial charge in [0.05, 0.1) is 6.26 Å². The lowest BCUT2D eigenvalue weighted by Gasteiger charge is -2.06. The lowest BCUT2D eigenvalue weighted by atomic mass is 10.1. The summed E-state index contributed by atoms with van der Waals surface area (Å²) in [6.45, 7) is 0. The number of hydrogen-bond acceptors (Lipinski definition) is 5. The van der Waals surface area contributed by atoms with Gasteiger partial charge < -0.3 is 21.1 Å². The number of carboxylic acid groups (broad SMARTS) is 2. The maximum Gasteiger partial charge on any atom is 0.376 e. The van der Waals surface area contributed by atoms with Crippen LogP contribution in [0, 0.1) is 0 Å². The van der Waals surface area contributed by atoms with Crippen LogP contribution in [-0.2, 0) is 14.4 Å². The number of ketones is 1. The van der Waals surface area contributed by atoms with Crippen molar-refractivity contribution in [2.45, 2.75) is 12.5 Å². The Labute approximate surface area is 90.5 Å². The SMILES string of the molecule is NC(CC(/C=C/O)=C\C(=O)C(=O)O)C(=O)O. The summed E-state index contributed by atoms with van der Waals surface area (Å²) in [7, 11) is 0. The number of carbonyl (C=O) groups is 3. The maximum absolute atomic E-state index is 10.8. The lowest BCUT2D eigenvalue weighted by Crippen LogP contribution is -2.30. The molecule has 0 aromatic carbocycles. The highest BCUT2D eigenvalue weighted by Gasteiger charge is 2.15. The highest BCUT2D eigenvalue weighted by Crippen LogP contribution is 2.06. The summed E-state index contributed by atoms with van der Waals surface area (Å²) in [5, 5.41) is 25.3. The molecular weight excluding hydrogens is 218 g/mol. The van der Waals surface area contributed by atoms with Crippen molar-refractivity contribution in [2.24, 2.45) is 5.73 Å². The number of allylic oxidation sites excluding steroid dienone is 1. The van der Waals surface area contributed by atoms with Crippen LogP contribution < -0.4 is 5.73 Å². The molecule has 0 aliphatic rings. The summed E-state index contributed by atoms with van der Waals surface area (Å²) in [6, 6.07) is -1.27. The zero-order valence-corrected chi connectivity index (χ0v) is 8.16. The van der Waals surface area contributed by atoms with Gasteiger partial charge in [0.2, 0.25) is 0 Å². The van der Waals surface area contributed by atoms with Gasteiger partial charge in [-0.2, -0.15) is 0 Å². The molecule has 0 rings (SSSR count). The molecule has 0 aliphatic carbocycles. The van der Waals surface area contributed by atoms with E-state index in [1.165, 1.54) is 0 Å². The van der Waals surface area contributed by atoms with Crippen LogP contribution in [0.2, 0.25) is 0 Å². The van der Waals surface area contributed by atoms with E-state index in [4.69, 9.17) is 21.1 Å². The zero-order chi connectivity index (χ0) is 12.7. The molecule has 88 valence electrons. The van der Waals surface area contributed by atoms with Gasteiger partial charge in [0.25, 0.3) is 5.78 Å². The van der Waals surface area contributed by atoms with E-state index in [9.17, 15) is 14.4 Å². The monoisotopic (exact) mass is 229 g/mol. The molecule has 0 amide bonds. The molecular formula is C9H11NO6. The van der Waals surface area contributed by atoms with Gasteiger partial charge in [0.1, 0.15) is 6.04 Å². The second-order valence-electron chi connectivity index (χ2n) is 2.85. The number of carbonyl (C=O) groups excluding carboxylic acids is 1. The fourth-order valence-electron chi connectivity index (χ4n) is 0.842. The van der Waals surface area contributed by atoms with E-state index < -0.39 is 23.8 Å². The molecule has 0 aromatic heterocycles. The fraction of sp³-hybridized carbons (Fsp3) is 0.222. The van der Waals surface area contributed by atoms with Crippen LogP contribution in [-0.4, -0.2) is 39.1 Å². The van der Waals surface area contributed by atoms with E-state index in [0.717, 1.165) is 6.08 Å². The van der Waals surface area contributed by atoms with Crippen molar-refractivity contribution in [1.82, 2.24) is 0 Å². The smallest absolute Gasteiger partial charge is 0.376 e. The van der Waals surface area contributed by atoms with Crippen molar-refractivity contribution in [2.75, 3.05) is 0 Å². The first kappa shape index (κ1) is 13.8. The van der Waals surface area contributed by atoms with Crippen LogP contribution in [0.25, 0.3) is 0 Å². The molecule has 0 spiro atoms. The highest BCUT2D eigenvalue weighted by atomic mass is 16.4. The number of aliphatic carboxylic acids is 2. The first-order chi connectivity index (χ1) is 7.38. The Morgan fingerprint density at radius 1 is 1.25 bits per heavy atom. The van der Waals surface area contributed by atoms with E-state index >= 15 is 0 Å². The summed E-state index contributed by atoms with van der Waals surface area (Å²) in [4.78, 5) is 31.4. The average molecular weight is 229 g/mol. The van der Waals surface area contributed by atoms with Gasteiger partial charge in [-0.3, -0.25) is 9.59 Å². The van der Waals surface area contributed by atoms with E-state index in [0.29, 0.717) is 12.3 Å². The number of rotatable bonds is 6. The van der Waals surface area contributed by atoms with Crippen molar-refractivity contribution >= 4 is 17.7 Å². The average Bonchev–Trinajstić information content (AvgIpc) is 2.17. The Morgan fingerprint density at radius 2 is 1.81 bits per heavy atom. The number of aliphatic hydroxyl groups excluding tert-OH is 1. The van der Waals surface area contributed by atoms with Gasteiger partial charge >= 0.3 is 11.9 Å². The molecule has 1 unspecified atom stereocenters. The molecule has 0 heterocycles. The van der Waals surface area contributed by atoms with Crippen LogP contribution >= 0.6 is 0 Å². The third-order valence-corrected chi connectivity index (χ3v) is 1.59. The molecule has 0 saturated carbocycles. The zero-order valence-electron chi connectivity index (χ0n) is 8.16. The van der Waals surface area contributed by atoms with Gasteiger partial charge in [-0.1, -0.05) is 0 Å². The largest absolute Gasteiger partial charge is 0.516 e. The van der Waals surface area contributed by atoms with Crippen LogP contribution in [0.3, 0.4) is 0 Å². The van der Waals surface area contributed by atoms with Gasteiger partial charge in [-0.05, 0) is 24.1 Å². The van der Waals surface area contributed by atoms with E-state index in [-0.39, 0.29) is 12.0 Å². The van der Waals surface area contributed by atoms with Crippen molar-refractivity contribution < 1.29 is 29.7 Å². The topological polar surface area (TPSA) is 138 Å². The number of carboxylic acids is 2. The van der Waals surface area contributed by atoms with Crippen molar-refractivity contribution in [3.8, 4) is 0 Å². The van der Waals surface area contributed by atoms with E-state index in [2.05, 4.69) is 0 Å². The Bertz CT molecular complexity index is 357. The van der Waals surface area contributed by atoms with Gasteiger partial charge in [-0.25, -0.2) is 4.79 Å². The molecule has 0 radical (unpaired) electrons. The van der Waals surface area contributed by atoms with Gasteiger partial charge in [0.15, 0.2) is 0 Å². The molecule has 1 atom stereocenters. The third-order valence-electron chi connectivity index (χ3n) is 1.59. The quantitative estimate of drug-likeness (QED) is 0.207. The number of hydrogen-bond donors (Lipinski definition) is 4. The highest BCUT2D eigenvalue weighted by molar-refractivity contribution is 6.37. The van der Waals surface area contributed by atoms with Crippen molar-refractivity contribution in [1.29, 1.82) is 0 Å². The van der Waals surface area contributed by atoms with Crippen LogP contribution in [0.1, 0.15) is 6.42 Å². The molecule has 0 saturated heterocycles. The Hall–Kier alpha value is -2.15. The normalized spacial score (nSPS) is 13.7. The molecule has 0 aromatic rings. The second kappa shape index (κ2) is 6.36. The summed E-state index contributed by atoms with van der Waals surface area (Å²) < 4.78 is 0. The second-order valence-corrected chi connectivity index (χ2v) is 2.85. The van der Waals surface area contributed by atoms with Crippen LogP contribution in [0.15, 0.2) is 24.0 Å². The molecule has 7 heteroatoms. The minimum absolute atomic E-state index is 0.0183. The fourth-order valence-corrected chi connectivity index (χ4v) is 0.842. The maximum atomic E-state index is 10.8. The Morgan fingerprint density at radius 3 is 2.19 bits per heavy atom. The van der Waals surface area contributed by atoms with E-state index in [1.807, 2.05) is 0 Å². The van der Waals surface area contributed by atoms with Crippen molar-refractivity contribution in [3.63, 3.8) is 0 Å². The first-order valence-electron chi connectivity index (χ1n) is 4.15. The predicted octanol–water partition coefficient (Wildman–Crippen LogP) is -0.560. The predicted molar refractivity (Wildman–Crippen MR) is 52.7 cm³/mol. The van der Waals surface area contributed by atoms with Gasteiger partial charge in [-0.15, -0.1) is 0 Å². The molecule has 0 fully saturated rings. The lowest BCUT2D eigenvalue weighted by molar-refractivity contribution is -0.146. The first-order valence-corrected chi connectivity index (χ1v) is 4.15. The molecule has 0 aliphatic heterocycles. The van der Waals surface area contributed by atoms with Gasteiger partial charge in [0, 0.05) is 0 Å². The molecule has 7 nitrogen and oxygen atoms in total. The minimum Gasteiger partial charge on any atom is -0.516 e. The number of aliphatic hydroxyl groups is 1. The summed E-state index contributed by atoms with van der Waals surface area (Å²) >= 11 is 0. The summed E-state index contributed by atoms with van der Waals surface area (Å²) in [6.07, 6.45) is 2.02. The van der Waals surface area contributed by atoms with Crippen LogP contribution in [0.5, 0.6) is 0 Å². The summed E-state index contributed by atoms with van der Waals surface area (Å²) in [5.74, 6) is -4.18. The minimum atomic E-state index is -1.67. The Balaban J connectivity index is 4.81. The molecule has 0 bridgehead atoms. The standard InChI is InChI=1S/C9H11NO6/c10-6(8(13)14)3-5(1-2-11)4-7(12)9(15)16/h1-2,4,6,11H,3,10H2,(H,13,14)(H,15,16)/b2-1+,5-4-. The molecule has 5 N–H and O–H groups in total. The van der Waals surface area contributed by atoms with Crippen LogP contribution in [0.4, 0.5) is 0 Å².